The molecule has 0 saturated heterocycles. The molecule has 3 N–H and O–H groups in total. The number of halogens is 1. The average molecular weight is 471 g/mol. The zero-order valence-electron chi connectivity index (χ0n) is 17.5. The van der Waals surface area contributed by atoms with E-state index in [1.165, 1.54) is 6.07 Å². The van der Waals surface area contributed by atoms with Crippen molar-refractivity contribution in [2.45, 2.75) is 31.2 Å². The number of nitrogens with one attached hydrogen (secondary N) is 1. The molecule has 0 saturated carbocycles. The molecule has 1 aliphatic heterocycles. The second-order valence-corrected chi connectivity index (χ2v) is 9.78. The van der Waals surface area contributed by atoms with Gasteiger partial charge in [-0.3, -0.25) is 4.79 Å². The lowest BCUT2D eigenvalue weighted by Crippen LogP contribution is -2.32. The van der Waals surface area contributed by atoms with E-state index < -0.39 is 10.0 Å². The molecule has 0 spiro atoms. The van der Waals surface area contributed by atoms with E-state index in [4.69, 9.17) is 16.7 Å². The fourth-order valence-corrected chi connectivity index (χ4v) is 4.92. The van der Waals surface area contributed by atoms with Gasteiger partial charge < -0.3 is 10.2 Å². The maximum atomic E-state index is 12.6. The predicted molar refractivity (Wildman–Crippen MR) is 125 cm³/mol. The van der Waals surface area contributed by atoms with Crippen LogP contribution in [0, 0.1) is 6.92 Å². The third-order valence-corrected chi connectivity index (χ3v) is 6.76. The van der Waals surface area contributed by atoms with Crippen LogP contribution < -0.4 is 15.4 Å². The van der Waals surface area contributed by atoms with Crippen LogP contribution in [0.1, 0.15) is 22.3 Å². The van der Waals surface area contributed by atoms with Crippen LogP contribution in [-0.2, 0) is 34.2 Å². The summed E-state index contributed by atoms with van der Waals surface area (Å²) in [5.74, 6) is 0.512. The van der Waals surface area contributed by atoms with Gasteiger partial charge in [-0.1, -0.05) is 35.9 Å². The number of nitrogens with zero attached hydrogens (tertiary/aromatic N) is 2. The number of nitrogens with two attached hydrogens (primary N) is 1. The summed E-state index contributed by atoms with van der Waals surface area (Å²) in [4.78, 5) is 19.2. The molecule has 1 aromatic heterocycles. The summed E-state index contributed by atoms with van der Waals surface area (Å²) >= 11 is 6.15. The van der Waals surface area contributed by atoms with E-state index in [9.17, 15) is 13.2 Å². The Labute approximate surface area is 192 Å². The van der Waals surface area contributed by atoms with E-state index >= 15 is 0 Å². The highest BCUT2D eigenvalue weighted by Crippen LogP contribution is 2.31. The first-order chi connectivity index (χ1) is 15.2. The molecular formula is C23H23ClN4O3S. The highest BCUT2D eigenvalue weighted by atomic mass is 35.5. The summed E-state index contributed by atoms with van der Waals surface area (Å²) in [6.07, 6.45) is 2.37. The Balaban J connectivity index is 1.63. The largest absolute Gasteiger partial charge is 0.352 e. The minimum absolute atomic E-state index is 0.0413. The number of aromatic nitrogens is 1. The van der Waals surface area contributed by atoms with Gasteiger partial charge in [0.2, 0.25) is 15.9 Å². The molecule has 32 heavy (non-hydrogen) atoms. The number of carbonyl (C=O) groups excluding carboxylic acids is 1. The molecule has 2 heterocycles. The fraction of sp³-hybridized carbons (Fsp3) is 0.217. The van der Waals surface area contributed by atoms with Crippen LogP contribution in [0.3, 0.4) is 0 Å². The second-order valence-electron chi connectivity index (χ2n) is 7.84. The SMILES string of the molecule is Cc1ccc(N2CCc3c(cc(NC(=O)Cc4ccccc4Cl)cc3S(N)(=O)=O)C2)nc1. The number of hydrogen-bond acceptors (Lipinski definition) is 5. The van der Waals surface area contributed by atoms with Gasteiger partial charge in [0.05, 0.1) is 11.3 Å². The van der Waals surface area contributed by atoms with Gasteiger partial charge in [-0.25, -0.2) is 18.5 Å². The summed E-state index contributed by atoms with van der Waals surface area (Å²) in [5, 5.41) is 8.79. The summed E-state index contributed by atoms with van der Waals surface area (Å²) in [6.45, 7) is 3.05. The lowest BCUT2D eigenvalue weighted by molar-refractivity contribution is -0.115. The summed E-state index contributed by atoms with van der Waals surface area (Å²) in [7, 11) is -3.96. The van der Waals surface area contributed by atoms with Gasteiger partial charge in [0.15, 0.2) is 0 Å². The van der Waals surface area contributed by atoms with Gasteiger partial charge in [-0.2, -0.15) is 0 Å². The first kappa shape index (κ1) is 22.3. The number of primary sulfonamides is 1. The molecular weight excluding hydrogens is 448 g/mol. The number of anilines is 2. The zero-order valence-corrected chi connectivity index (χ0v) is 19.1. The second kappa shape index (κ2) is 8.90. The van der Waals surface area contributed by atoms with E-state index in [0.717, 1.165) is 16.9 Å². The lowest BCUT2D eigenvalue weighted by atomic mass is 9.98. The van der Waals surface area contributed by atoms with Crippen LogP contribution in [0.5, 0.6) is 0 Å². The van der Waals surface area contributed by atoms with E-state index in [1.807, 2.05) is 19.1 Å². The van der Waals surface area contributed by atoms with E-state index in [0.29, 0.717) is 41.3 Å². The molecule has 0 unspecified atom stereocenters. The number of carbonyl (C=O) groups is 1. The number of fused-ring (bicyclic) bond motifs is 1. The molecule has 7 nitrogen and oxygen atoms in total. The summed E-state index contributed by atoms with van der Waals surface area (Å²) in [5.41, 5.74) is 3.60. The number of hydrogen-bond donors (Lipinski definition) is 2. The van der Waals surface area contributed by atoms with Gasteiger partial charge in [0, 0.05) is 30.0 Å². The molecule has 4 rings (SSSR count). The molecule has 1 amide bonds. The van der Waals surface area contributed by atoms with E-state index in [1.54, 1.807) is 36.5 Å². The van der Waals surface area contributed by atoms with Crippen molar-refractivity contribution in [1.82, 2.24) is 4.98 Å². The van der Waals surface area contributed by atoms with Gasteiger partial charge >= 0.3 is 0 Å². The van der Waals surface area contributed by atoms with E-state index in [-0.39, 0.29) is 17.2 Å². The lowest BCUT2D eigenvalue weighted by Gasteiger charge is -2.31. The first-order valence-electron chi connectivity index (χ1n) is 10.1. The Kier molecular flexibility index (Phi) is 6.19. The quantitative estimate of drug-likeness (QED) is 0.594. The topological polar surface area (TPSA) is 105 Å². The van der Waals surface area contributed by atoms with Crippen LogP contribution in [0.15, 0.2) is 59.6 Å². The third-order valence-electron chi connectivity index (χ3n) is 5.41. The van der Waals surface area contributed by atoms with E-state index in [2.05, 4.69) is 15.2 Å². The molecule has 0 atom stereocenters. The smallest absolute Gasteiger partial charge is 0.238 e. The molecule has 0 bridgehead atoms. The highest BCUT2D eigenvalue weighted by molar-refractivity contribution is 7.89. The van der Waals surface area contributed by atoms with Gasteiger partial charge in [-0.05, 0) is 59.9 Å². The van der Waals surface area contributed by atoms with Crippen molar-refractivity contribution in [2.75, 3.05) is 16.8 Å². The van der Waals surface area contributed by atoms with Gasteiger partial charge in [0.1, 0.15) is 5.82 Å². The van der Waals surface area contributed by atoms with Crippen molar-refractivity contribution >= 4 is 39.0 Å². The Morgan fingerprint density at radius 1 is 1.22 bits per heavy atom. The minimum atomic E-state index is -3.96. The highest BCUT2D eigenvalue weighted by Gasteiger charge is 2.25. The first-order valence-corrected chi connectivity index (χ1v) is 12.0. The molecule has 1 aliphatic rings. The predicted octanol–water partition coefficient (Wildman–Crippen LogP) is 3.43. The van der Waals surface area contributed by atoms with Gasteiger partial charge in [0.25, 0.3) is 0 Å². The Hall–Kier alpha value is -2.94. The fourth-order valence-electron chi connectivity index (χ4n) is 3.85. The van der Waals surface area contributed by atoms with Crippen molar-refractivity contribution in [3.63, 3.8) is 0 Å². The zero-order chi connectivity index (χ0) is 22.9. The van der Waals surface area contributed by atoms with Crippen LogP contribution >= 0.6 is 11.6 Å². The third kappa shape index (κ3) is 4.93. The number of sulfonamides is 1. The summed E-state index contributed by atoms with van der Waals surface area (Å²) < 4.78 is 24.6. The molecule has 166 valence electrons. The maximum absolute atomic E-state index is 12.6. The Bertz CT molecular complexity index is 1280. The Morgan fingerprint density at radius 2 is 2.00 bits per heavy atom. The number of rotatable bonds is 5. The molecule has 0 aliphatic carbocycles. The number of aryl methyl sites for hydroxylation is 1. The van der Waals surface area contributed by atoms with Crippen LogP contribution in [-0.4, -0.2) is 25.9 Å². The molecule has 2 aromatic carbocycles. The number of pyridine rings is 1. The van der Waals surface area contributed by atoms with Gasteiger partial charge in [-0.15, -0.1) is 0 Å². The molecule has 9 heteroatoms. The summed E-state index contributed by atoms with van der Waals surface area (Å²) in [6, 6.07) is 14.2. The van der Waals surface area contributed by atoms with Crippen molar-refractivity contribution in [3.8, 4) is 0 Å². The number of benzene rings is 2. The monoisotopic (exact) mass is 470 g/mol. The minimum Gasteiger partial charge on any atom is -0.352 e. The molecule has 0 radical (unpaired) electrons. The molecule has 0 fully saturated rings. The van der Waals surface area contributed by atoms with Crippen LogP contribution in [0.4, 0.5) is 11.5 Å². The Morgan fingerprint density at radius 3 is 2.69 bits per heavy atom. The van der Waals surface area contributed by atoms with Crippen molar-refractivity contribution < 1.29 is 13.2 Å². The van der Waals surface area contributed by atoms with Crippen molar-refractivity contribution in [1.29, 1.82) is 0 Å². The molecule has 3 aromatic rings. The standard InChI is InChI=1S/C23H23ClN4O3S/c1-15-6-7-22(26-13-15)28-9-8-19-17(14-28)10-18(12-21(19)32(25,30)31)27-23(29)11-16-4-2-3-5-20(16)24/h2-7,10,12-13H,8-9,11,14H2,1H3,(H,27,29)(H2,25,30,31). The van der Waals surface area contributed by atoms with Crippen LogP contribution in [0.2, 0.25) is 5.02 Å². The maximum Gasteiger partial charge on any atom is 0.238 e. The van der Waals surface area contributed by atoms with Crippen LogP contribution in [0.25, 0.3) is 0 Å². The normalized spacial score (nSPS) is 13.5. The van der Waals surface area contributed by atoms with Crippen molar-refractivity contribution in [2.24, 2.45) is 5.14 Å². The van der Waals surface area contributed by atoms with Crippen molar-refractivity contribution in [3.05, 3.63) is 82.0 Å². The number of amides is 1. The average Bonchev–Trinajstić information content (AvgIpc) is 2.74.